The molecule has 11 heteroatoms. The summed E-state index contributed by atoms with van der Waals surface area (Å²) in [6.45, 7) is 0.544. The minimum Gasteiger partial charge on any atom is -0.748 e. The average molecular weight is 682 g/mol. The van der Waals surface area contributed by atoms with Crippen molar-refractivity contribution in [3.8, 4) is 5.75 Å². The van der Waals surface area contributed by atoms with Crippen LogP contribution in [0.4, 0.5) is 0 Å². The summed E-state index contributed by atoms with van der Waals surface area (Å²) in [5.74, 6) is 0.623. The molecule has 0 fully saturated rings. The summed E-state index contributed by atoms with van der Waals surface area (Å²) in [6, 6.07) is 25.3. The molecule has 0 unspecified atom stereocenters. The summed E-state index contributed by atoms with van der Waals surface area (Å²) in [7, 11) is -4.10. The van der Waals surface area contributed by atoms with E-state index in [9.17, 15) is 17.8 Å². The summed E-state index contributed by atoms with van der Waals surface area (Å²) in [4.78, 5) is 24.8. The standard InChI is InChI=1S/C36H38ClN3O5S.Na/c37-30-23-28(19-20-34(30)45-21-13-5-3-1-2-4-6-14-22-46(42,43)44)25-32-36(41)40-26-33(29-17-11-8-12-18-29)38-31(35(40)39-32)24-27-15-9-7-10-16-27;/h7-12,15-20,23,25-26H,1-6,13-14,21-22,24H2,(H,42,43,44);/q;+1/p-1/b32-25-;. The second-order valence-electron chi connectivity index (χ2n) is 11.4. The van der Waals surface area contributed by atoms with E-state index in [1.165, 1.54) is 0 Å². The molecule has 0 atom stereocenters. The second-order valence-corrected chi connectivity index (χ2v) is 13.3. The third-order valence-electron chi connectivity index (χ3n) is 7.75. The third kappa shape index (κ3) is 11.0. The van der Waals surface area contributed by atoms with Gasteiger partial charge in [-0.05, 0) is 42.2 Å². The fourth-order valence-corrected chi connectivity index (χ4v) is 6.16. The molecule has 0 aliphatic carbocycles. The smallest absolute Gasteiger partial charge is 0.748 e. The number of carbonyl (C=O) groups excluding carboxylic acids is 1. The molecule has 2 aliphatic rings. The predicted molar refractivity (Wildman–Crippen MR) is 183 cm³/mol. The van der Waals surface area contributed by atoms with Gasteiger partial charge in [0.15, 0.2) is 5.84 Å². The van der Waals surface area contributed by atoms with Crippen LogP contribution in [0.5, 0.6) is 5.75 Å². The maximum atomic E-state index is 13.6. The first-order chi connectivity index (χ1) is 22.3. The summed E-state index contributed by atoms with van der Waals surface area (Å²) in [5.41, 5.74) is 4.48. The molecule has 2 heterocycles. The number of ether oxygens (including phenoxy) is 1. The van der Waals surface area contributed by atoms with Crippen LogP contribution >= 0.6 is 11.6 Å². The zero-order valence-electron chi connectivity index (χ0n) is 26.6. The number of amidine groups is 1. The largest absolute Gasteiger partial charge is 1.00 e. The van der Waals surface area contributed by atoms with Crippen molar-refractivity contribution in [2.45, 2.75) is 57.8 Å². The number of benzene rings is 3. The summed E-state index contributed by atoms with van der Waals surface area (Å²) < 4.78 is 37.8. The molecule has 3 aromatic carbocycles. The van der Waals surface area contributed by atoms with Gasteiger partial charge in [-0.2, -0.15) is 0 Å². The van der Waals surface area contributed by atoms with E-state index < -0.39 is 10.1 Å². The van der Waals surface area contributed by atoms with E-state index in [1.807, 2.05) is 72.8 Å². The molecule has 0 aromatic heterocycles. The maximum absolute atomic E-state index is 13.6. The van der Waals surface area contributed by atoms with E-state index in [0.717, 1.165) is 67.3 Å². The Kier molecular flexibility index (Phi) is 14.0. The van der Waals surface area contributed by atoms with E-state index in [-0.39, 0.29) is 41.2 Å². The fourth-order valence-electron chi connectivity index (χ4n) is 5.36. The monoisotopic (exact) mass is 681 g/mol. The number of aliphatic imine (C=N–C) groups is 2. The van der Waals surface area contributed by atoms with Crippen LogP contribution in [0.3, 0.4) is 0 Å². The Hall–Kier alpha value is -3.05. The SMILES string of the molecule is O=C1/C(=C/c2ccc(OCCCCCCCCCCS(=O)(=O)[O-])c(Cl)c2)N=C2C(Cc3ccccc3)=NC(c3ccccc3)=CN12.[Na+]. The summed E-state index contributed by atoms with van der Waals surface area (Å²) in [5, 5.41) is 0.461. The molecule has 47 heavy (non-hydrogen) atoms. The van der Waals surface area contributed by atoms with Crippen LogP contribution in [-0.4, -0.2) is 47.7 Å². The van der Waals surface area contributed by atoms with E-state index in [1.54, 1.807) is 23.2 Å². The molecule has 0 saturated heterocycles. The topological polar surface area (TPSA) is 111 Å². The molecule has 0 N–H and O–H groups in total. The number of rotatable bonds is 16. The van der Waals surface area contributed by atoms with Crippen LogP contribution in [-0.2, 0) is 21.3 Å². The van der Waals surface area contributed by atoms with Crippen LogP contribution in [0.1, 0.15) is 68.1 Å². The molecule has 240 valence electrons. The van der Waals surface area contributed by atoms with Gasteiger partial charge < -0.3 is 9.29 Å². The number of carbonyl (C=O) groups is 1. The Morgan fingerprint density at radius 3 is 2.13 bits per heavy atom. The molecule has 8 nitrogen and oxygen atoms in total. The van der Waals surface area contributed by atoms with Crippen molar-refractivity contribution >= 4 is 50.9 Å². The van der Waals surface area contributed by atoms with Gasteiger partial charge in [0.05, 0.1) is 33.2 Å². The number of hydrogen-bond acceptors (Lipinski definition) is 7. The van der Waals surface area contributed by atoms with E-state index in [4.69, 9.17) is 26.3 Å². The Morgan fingerprint density at radius 1 is 0.830 bits per heavy atom. The van der Waals surface area contributed by atoms with E-state index in [2.05, 4.69) is 0 Å². The Balaban J connectivity index is 0.00000500. The van der Waals surface area contributed by atoms with Gasteiger partial charge in [0, 0.05) is 23.9 Å². The van der Waals surface area contributed by atoms with Crippen molar-refractivity contribution in [2.24, 2.45) is 9.98 Å². The van der Waals surface area contributed by atoms with Crippen LogP contribution < -0.4 is 34.3 Å². The molecule has 3 aromatic rings. The third-order valence-corrected chi connectivity index (χ3v) is 8.83. The molecule has 0 spiro atoms. The number of fused-ring (bicyclic) bond motifs is 1. The Bertz CT molecular complexity index is 1760. The first-order valence-corrected chi connectivity index (χ1v) is 17.6. The van der Waals surface area contributed by atoms with Crippen LogP contribution in [0, 0.1) is 0 Å². The van der Waals surface area contributed by atoms with Gasteiger partial charge in [0.2, 0.25) is 0 Å². The van der Waals surface area contributed by atoms with Crippen molar-refractivity contribution in [3.05, 3.63) is 112 Å². The molecular weight excluding hydrogens is 645 g/mol. The average Bonchev–Trinajstić information content (AvgIpc) is 3.36. The maximum Gasteiger partial charge on any atom is 1.00 e. The Labute approximate surface area is 304 Å². The van der Waals surface area contributed by atoms with Gasteiger partial charge in [0.25, 0.3) is 5.91 Å². The normalized spacial score (nSPS) is 15.1. The molecule has 0 bridgehead atoms. The molecule has 2 aliphatic heterocycles. The zero-order valence-corrected chi connectivity index (χ0v) is 30.2. The molecule has 0 radical (unpaired) electrons. The number of amides is 1. The van der Waals surface area contributed by atoms with Crippen molar-refractivity contribution in [1.82, 2.24) is 4.90 Å². The predicted octanol–water partition coefficient (Wildman–Crippen LogP) is 4.67. The Morgan fingerprint density at radius 2 is 1.47 bits per heavy atom. The minimum atomic E-state index is -4.10. The first-order valence-electron chi connectivity index (χ1n) is 15.7. The van der Waals surface area contributed by atoms with Crippen LogP contribution in [0.2, 0.25) is 5.02 Å². The van der Waals surface area contributed by atoms with Crippen molar-refractivity contribution < 1.29 is 52.1 Å². The minimum absolute atomic E-state index is 0. The van der Waals surface area contributed by atoms with Crippen molar-refractivity contribution in [1.29, 1.82) is 0 Å². The van der Waals surface area contributed by atoms with Gasteiger partial charge in [-0.3, -0.25) is 9.69 Å². The van der Waals surface area contributed by atoms with E-state index >= 15 is 0 Å². The molecule has 5 rings (SSSR count). The first kappa shape index (κ1) is 36.8. The van der Waals surface area contributed by atoms with Gasteiger partial charge >= 0.3 is 29.6 Å². The molecule has 1 amide bonds. The number of hydrogen-bond donors (Lipinski definition) is 0. The number of nitrogens with zero attached hydrogens (tertiary/aromatic N) is 3. The molecule has 0 saturated carbocycles. The van der Waals surface area contributed by atoms with Gasteiger partial charge in [-0.1, -0.05) is 117 Å². The fraction of sp³-hybridized carbons (Fsp3) is 0.306. The quantitative estimate of drug-likeness (QED) is 0.0945. The van der Waals surface area contributed by atoms with Gasteiger partial charge in [-0.25, -0.2) is 18.4 Å². The van der Waals surface area contributed by atoms with Crippen molar-refractivity contribution in [2.75, 3.05) is 12.4 Å². The molecular formula is C36H37ClN3NaO5S. The number of halogens is 1. The second kappa shape index (κ2) is 17.9. The number of unbranched alkanes of at least 4 members (excludes halogenated alkanes) is 7. The summed E-state index contributed by atoms with van der Waals surface area (Å²) >= 11 is 6.55. The van der Waals surface area contributed by atoms with Gasteiger partial charge in [-0.15, -0.1) is 0 Å². The van der Waals surface area contributed by atoms with Gasteiger partial charge in [0.1, 0.15) is 11.4 Å². The zero-order chi connectivity index (χ0) is 32.4. The van der Waals surface area contributed by atoms with E-state index in [0.29, 0.717) is 47.5 Å². The van der Waals surface area contributed by atoms with Crippen LogP contribution in [0.15, 0.2) is 101 Å². The van der Waals surface area contributed by atoms with Crippen molar-refractivity contribution in [3.63, 3.8) is 0 Å². The van der Waals surface area contributed by atoms with Crippen LogP contribution in [0.25, 0.3) is 11.8 Å². The summed E-state index contributed by atoms with van der Waals surface area (Å²) in [6.07, 6.45) is 11.2.